The molecule has 0 fully saturated rings. The van der Waals surface area contributed by atoms with Crippen LogP contribution >= 0.6 is 0 Å². The predicted molar refractivity (Wildman–Crippen MR) is 93.4 cm³/mol. The molecule has 1 unspecified atom stereocenters. The second-order valence-electron chi connectivity index (χ2n) is 5.73. The monoisotopic (exact) mass is 343 g/mol. The number of ether oxygens (including phenoxy) is 2. The second-order valence-corrected chi connectivity index (χ2v) is 5.73. The van der Waals surface area contributed by atoms with Gasteiger partial charge in [-0.15, -0.1) is 0 Å². The number of hydrogen-bond donors (Lipinski definition) is 0. The van der Waals surface area contributed by atoms with Gasteiger partial charge >= 0.3 is 0 Å². The summed E-state index contributed by atoms with van der Waals surface area (Å²) >= 11 is 0. The molecule has 0 saturated carbocycles. The molecule has 25 heavy (non-hydrogen) atoms. The molecule has 1 aromatic rings. The van der Waals surface area contributed by atoms with Crippen LogP contribution in [0.2, 0.25) is 0 Å². The minimum Gasteiger partial charge on any atom is -0.496 e. The standard InChI is InChI=1S/C18H21N3O4/c1-4-5-6-7-12(20-21-19)11-10-15(24-2)16-13(22)8-9-14(23)17(16)18(11)25-3/h8-10,12H,4-7H2,1-3H3. The lowest BCUT2D eigenvalue weighted by Crippen LogP contribution is -2.17. The molecule has 0 bridgehead atoms. The van der Waals surface area contributed by atoms with Crippen molar-refractivity contribution in [2.75, 3.05) is 14.2 Å². The van der Waals surface area contributed by atoms with Crippen molar-refractivity contribution in [2.45, 2.75) is 38.6 Å². The van der Waals surface area contributed by atoms with Crippen molar-refractivity contribution in [3.05, 3.63) is 45.4 Å². The minimum atomic E-state index is -0.500. The third kappa shape index (κ3) is 3.67. The molecular formula is C18H21N3O4. The van der Waals surface area contributed by atoms with Crippen molar-refractivity contribution >= 4 is 11.6 Å². The Morgan fingerprint density at radius 2 is 1.80 bits per heavy atom. The summed E-state index contributed by atoms with van der Waals surface area (Å²) in [5, 5.41) is 3.87. The van der Waals surface area contributed by atoms with Crippen LogP contribution in [0, 0.1) is 0 Å². The van der Waals surface area contributed by atoms with Crippen molar-refractivity contribution < 1.29 is 19.1 Å². The number of carbonyl (C=O) groups is 2. The first kappa shape index (κ1) is 18.5. The van der Waals surface area contributed by atoms with Gasteiger partial charge in [0.25, 0.3) is 0 Å². The quantitative estimate of drug-likeness (QED) is 0.298. The predicted octanol–water partition coefficient (Wildman–Crippen LogP) is 4.57. The van der Waals surface area contributed by atoms with Crippen LogP contribution in [0.5, 0.6) is 11.5 Å². The van der Waals surface area contributed by atoms with Crippen LogP contribution in [0.3, 0.4) is 0 Å². The number of fused-ring (bicyclic) bond motifs is 1. The molecule has 0 aromatic heterocycles. The molecule has 7 heteroatoms. The first-order valence-electron chi connectivity index (χ1n) is 8.18. The summed E-state index contributed by atoms with van der Waals surface area (Å²) in [6.07, 6.45) is 5.96. The van der Waals surface area contributed by atoms with Crippen molar-refractivity contribution in [3.63, 3.8) is 0 Å². The Bertz CT molecular complexity index is 764. The zero-order chi connectivity index (χ0) is 18.4. The van der Waals surface area contributed by atoms with Gasteiger partial charge in [0, 0.05) is 10.5 Å². The molecule has 0 saturated heterocycles. The van der Waals surface area contributed by atoms with E-state index in [0.717, 1.165) is 19.3 Å². The highest BCUT2D eigenvalue weighted by atomic mass is 16.5. The minimum absolute atomic E-state index is 0.165. The normalized spacial score (nSPS) is 13.9. The SMILES string of the molecule is CCCCCC(N=[N+]=[N-])c1cc(OC)c2c(c1OC)C(=O)C=CC2=O. The number of azide groups is 1. The number of allylic oxidation sites excluding steroid dienone is 2. The topological polar surface area (TPSA) is 101 Å². The summed E-state index contributed by atoms with van der Waals surface area (Å²) in [4.78, 5) is 27.6. The van der Waals surface area contributed by atoms with Crippen molar-refractivity contribution in [1.29, 1.82) is 0 Å². The second kappa shape index (κ2) is 8.35. The molecule has 1 aromatic carbocycles. The van der Waals surface area contributed by atoms with Crippen molar-refractivity contribution in [2.24, 2.45) is 5.11 Å². The van der Waals surface area contributed by atoms with Crippen molar-refractivity contribution in [3.8, 4) is 11.5 Å². The average molecular weight is 343 g/mol. The highest BCUT2D eigenvalue weighted by Gasteiger charge is 2.31. The van der Waals surface area contributed by atoms with Crippen LogP contribution in [0.1, 0.15) is 64.9 Å². The Kier molecular flexibility index (Phi) is 6.19. The fourth-order valence-corrected chi connectivity index (χ4v) is 3.01. The molecule has 0 N–H and O–H groups in total. The molecule has 7 nitrogen and oxygen atoms in total. The van der Waals surface area contributed by atoms with Gasteiger partial charge in [0.2, 0.25) is 0 Å². The zero-order valence-electron chi connectivity index (χ0n) is 14.6. The molecular weight excluding hydrogens is 322 g/mol. The van der Waals surface area contributed by atoms with E-state index in [2.05, 4.69) is 16.9 Å². The lowest BCUT2D eigenvalue weighted by molar-refractivity contribution is 0.0988. The highest BCUT2D eigenvalue weighted by Crippen LogP contribution is 2.42. The van der Waals surface area contributed by atoms with Crippen LogP contribution < -0.4 is 9.47 Å². The average Bonchev–Trinajstić information content (AvgIpc) is 2.62. The Balaban J connectivity index is 2.65. The maximum Gasteiger partial charge on any atom is 0.190 e. The maximum absolute atomic E-state index is 12.4. The fraction of sp³-hybridized carbons (Fsp3) is 0.444. The van der Waals surface area contributed by atoms with Gasteiger partial charge in [-0.3, -0.25) is 9.59 Å². The lowest BCUT2D eigenvalue weighted by atomic mass is 9.88. The van der Waals surface area contributed by atoms with Gasteiger partial charge in [-0.25, -0.2) is 0 Å². The van der Waals surface area contributed by atoms with E-state index < -0.39 is 6.04 Å². The van der Waals surface area contributed by atoms with E-state index in [4.69, 9.17) is 15.0 Å². The molecule has 0 heterocycles. The van der Waals surface area contributed by atoms with E-state index in [0.29, 0.717) is 12.0 Å². The van der Waals surface area contributed by atoms with E-state index in [1.165, 1.54) is 26.4 Å². The van der Waals surface area contributed by atoms with Crippen LogP contribution in [0.25, 0.3) is 10.4 Å². The Morgan fingerprint density at radius 3 is 2.36 bits per heavy atom. The molecule has 1 aliphatic rings. The number of rotatable bonds is 8. The molecule has 0 amide bonds. The number of carbonyl (C=O) groups excluding carboxylic acids is 2. The smallest absolute Gasteiger partial charge is 0.190 e. The summed E-state index contributed by atoms with van der Waals surface area (Å²) in [7, 11) is 2.86. The number of ketones is 2. The maximum atomic E-state index is 12.4. The molecule has 1 aliphatic carbocycles. The number of nitrogens with zero attached hydrogens (tertiary/aromatic N) is 3. The summed E-state index contributed by atoms with van der Waals surface area (Å²) in [5.74, 6) is -0.100. The van der Waals surface area contributed by atoms with E-state index in [1.54, 1.807) is 6.07 Å². The first-order chi connectivity index (χ1) is 12.1. The fourth-order valence-electron chi connectivity index (χ4n) is 3.01. The van der Waals surface area contributed by atoms with E-state index >= 15 is 0 Å². The van der Waals surface area contributed by atoms with Crippen LogP contribution in [-0.2, 0) is 0 Å². The van der Waals surface area contributed by atoms with Gasteiger partial charge in [-0.2, -0.15) is 0 Å². The van der Waals surface area contributed by atoms with Gasteiger partial charge in [0.05, 0.1) is 31.4 Å². The van der Waals surface area contributed by atoms with Crippen LogP contribution in [-0.4, -0.2) is 25.8 Å². The number of benzene rings is 1. The third-order valence-corrected chi connectivity index (χ3v) is 4.21. The zero-order valence-corrected chi connectivity index (χ0v) is 14.6. The summed E-state index contributed by atoms with van der Waals surface area (Å²) in [5.41, 5.74) is 9.84. The molecule has 1 atom stereocenters. The van der Waals surface area contributed by atoms with Gasteiger partial charge in [-0.1, -0.05) is 31.3 Å². The Morgan fingerprint density at radius 1 is 1.12 bits per heavy atom. The molecule has 0 aliphatic heterocycles. The van der Waals surface area contributed by atoms with Crippen LogP contribution in [0.15, 0.2) is 23.3 Å². The van der Waals surface area contributed by atoms with Crippen molar-refractivity contribution in [1.82, 2.24) is 0 Å². The largest absolute Gasteiger partial charge is 0.496 e. The molecule has 132 valence electrons. The molecule has 0 spiro atoms. The van der Waals surface area contributed by atoms with Gasteiger partial charge in [0.1, 0.15) is 11.5 Å². The van der Waals surface area contributed by atoms with E-state index in [1.807, 2.05) is 0 Å². The molecule has 0 radical (unpaired) electrons. The Hall–Kier alpha value is -2.79. The van der Waals surface area contributed by atoms with Crippen LogP contribution in [0.4, 0.5) is 0 Å². The first-order valence-corrected chi connectivity index (χ1v) is 8.18. The Labute approximate surface area is 146 Å². The summed E-state index contributed by atoms with van der Waals surface area (Å²) in [6, 6.07) is 1.13. The van der Waals surface area contributed by atoms with Gasteiger partial charge in [0.15, 0.2) is 11.6 Å². The summed E-state index contributed by atoms with van der Waals surface area (Å²) < 4.78 is 10.8. The van der Waals surface area contributed by atoms with Gasteiger partial charge < -0.3 is 9.47 Å². The van der Waals surface area contributed by atoms with E-state index in [9.17, 15) is 9.59 Å². The number of unbranched alkanes of at least 4 members (excludes halogenated alkanes) is 2. The third-order valence-electron chi connectivity index (χ3n) is 4.21. The molecule has 2 rings (SSSR count). The van der Waals surface area contributed by atoms with E-state index in [-0.39, 0.29) is 34.2 Å². The number of hydrogen-bond acceptors (Lipinski definition) is 5. The summed E-state index contributed by atoms with van der Waals surface area (Å²) in [6.45, 7) is 2.09. The lowest BCUT2D eigenvalue weighted by Gasteiger charge is -2.22. The van der Waals surface area contributed by atoms with Gasteiger partial charge in [-0.05, 0) is 30.2 Å². The highest BCUT2D eigenvalue weighted by molar-refractivity contribution is 6.24. The number of methoxy groups -OCH3 is 2.